The molecule has 5 heteroatoms. The van der Waals surface area contributed by atoms with E-state index in [1.54, 1.807) is 0 Å². The fraction of sp³-hybridized carbons (Fsp3) is 0.440. The molecule has 2 aliphatic rings. The zero-order valence-electron chi connectivity index (χ0n) is 17.7. The summed E-state index contributed by atoms with van der Waals surface area (Å²) in [5, 5.41) is 0. The summed E-state index contributed by atoms with van der Waals surface area (Å²) < 4.78 is 6.04. The second-order valence-electron chi connectivity index (χ2n) is 8.46. The SMILES string of the molecule is Cc1ccc(C(=O)N2CCCC(COc3cccc(C(=O)N4CCCC4)c3)C2)cc1. The van der Waals surface area contributed by atoms with E-state index >= 15 is 0 Å². The molecular weight excluding hydrogens is 376 g/mol. The number of piperidine rings is 1. The lowest BCUT2D eigenvalue weighted by Crippen LogP contribution is -2.41. The molecule has 2 fully saturated rings. The Kier molecular flexibility index (Phi) is 6.36. The van der Waals surface area contributed by atoms with Gasteiger partial charge in [-0.25, -0.2) is 0 Å². The van der Waals surface area contributed by atoms with Crippen molar-refractivity contribution in [2.45, 2.75) is 32.6 Å². The summed E-state index contributed by atoms with van der Waals surface area (Å²) in [6.07, 6.45) is 4.20. The molecule has 2 aliphatic heterocycles. The van der Waals surface area contributed by atoms with Gasteiger partial charge in [0, 0.05) is 43.2 Å². The lowest BCUT2D eigenvalue weighted by atomic mass is 9.98. The van der Waals surface area contributed by atoms with Crippen molar-refractivity contribution in [3.05, 3.63) is 65.2 Å². The van der Waals surface area contributed by atoms with Gasteiger partial charge in [-0.3, -0.25) is 9.59 Å². The number of carbonyl (C=O) groups excluding carboxylic acids is 2. The van der Waals surface area contributed by atoms with Crippen LogP contribution in [0.5, 0.6) is 5.75 Å². The summed E-state index contributed by atoms with van der Waals surface area (Å²) in [7, 11) is 0. The average Bonchev–Trinajstić information content (AvgIpc) is 3.33. The number of carbonyl (C=O) groups is 2. The molecule has 158 valence electrons. The molecule has 4 rings (SSSR count). The predicted molar refractivity (Wildman–Crippen MR) is 117 cm³/mol. The molecule has 30 heavy (non-hydrogen) atoms. The summed E-state index contributed by atoms with van der Waals surface area (Å²) in [6, 6.07) is 15.3. The minimum absolute atomic E-state index is 0.0884. The lowest BCUT2D eigenvalue weighted by Gasteiger charge is -2.32. The normalized spacial score (nSPS) is 19.0. The fourth-order valence-electron chi connectivity index (χ4n) is 4.30. The number of amides is 2. The van der Waals surface area contributed by atoms with Crippen LogP contribution in [0.4, 0.5) is 0 Å². The Labute approximate surface area is 178 Å². The predicted octanol–water partition coefficient (Wildman–Crippen LogP) is 4.16. The van der Waals surface area contributed by atoms with Crippen molar-refractivity contribution in [1.82, 2.24) is 9.80 Å². The van der Waals surface area contributed by atoms with Crippen LogP contribution in [0.3, 0.4) is 0 Å². The van der Waals surface area contributed by atoms with E-state index in [1.807, 2.05) is 65.3 Å². The first-order chi connectivity index (χ1) is 14.6. The molecular formula is C25H30N2O3. The highest BCUT2D eigenvalue weighted by atomic mass is 16.5. The van der Waals surface area contributed by atoms with Gasteiger partial charge in [0.15, 0.2) is 0 Å². The van der Waals surface area contributed by atoms with Gasteiger partial charge in [0.05, 0.1) is 6.61 Å². The Morgan fingerprint density at radius 2 is 1.60 bits per heavy atom. The third-order valence-electron chi connectivity index (χ3n) is 6.06. The highest BCUT2D eigenvalue weighted by molar-refractivity contribution is 5.95. The number of rotatable bonds is 5. The van der Waals surface area contributed by atoms with E-state index in [-0.39, 0.29) is 11.8 Å². The van der Waals surface area contributed by atoms with Crippen LogP contribution in [0, 0.1) is 12.8 Å². The van der Waals surface area contributed by atoms with E-state index in [1.165, 1.54) is 0 Å². The van der Waals surface area contributed by atoms with Crippen molar-refractivity contribution >= 4 is 11.8 Å². The molecule has 0 spiro atoms. The first-order valence-corrected chi connectivity index (χ1v) is 11.0. The van der Waals surface area contributed by atoms with Gasteiger partial charge in [0.1, 0.15) is 5.75 Å². The standard InChI is InChI=1S/C25H30N2O3/c1-19-9-11-21(12-10-19)24(28)27-15-5-6-20(17-27)18-30-23-8-4-7-22(16-23)25(29)26-13-2-3-14-26/h4,7-12,16,20H,2-3,5-6,13-15,17-18H2,1H3. The molecule has 1 atom stereocenters. The number of nitrogens with zero attached hydrogens (tertiary/aromatic N) is 2. The van der Waals surface area contributed by atoms with Gasteiger partial charge in [-0.2, -0.15) is 0 Å². The average molecular weight is 407 g/mol. The summed E-state index contributed by atoms with van der Waals surface area (Å²) in [4.78, 5) is 29.3. The highest BCUT2D eigenvalue weighted by Crippen LogP contribution is 2.22. The van der Waals surface area contributed by atoms with Gasteiger partial charge < -0.3 is 14.5 Å². The maximum atomic E-state index is 12.8. The van der Waals surface area contributed by atoms with Gasteiger partial charge in [-0.05, 0) is 62.9 Å². The van der Waals surface area contributed by atoms with Crippen molar-refractivity contribution in [2.75, 3.05) is 32.8 Å². The van der Waals surface area contributed by atoms with Crippen LogP contribution in [-0.2, 0) is 0 Å². The minimum Gasteiger partial charge on any atom is -0.493 e. The molecule has 0 aliphatic carbocycles. The van der Waals surface area contributed by atoms with E-state index in [0.717, 1.165) is 62.2 Å². The number of hydrogen-bond acceptors (Lipinski definition) is 3. The summed E-state index contributed by atoms with van der Waals surface area (Å²) in [5.74, 6) is 1.21. The molecule has 5 nitrogen and oxygen atoms in total. The fourth-order valence-corrected chi connectivity index (χ4v) is 4.30. The molecule has 1 unspecified atom stereocenters. The highest BCUT2D eigenvalue weighted by Gasteiger charge is 2.25. The molecule has 2 amide bonds. The summed E-state index contributed by atoms with van der Waals surface area (Å²) >= 11 is 0. The number of aryl methyl sites for hydroxylation is 1. The van der Waals surface area contributed by atoms with E-state index < -0.39 is 0 Å². The molecule has 2 aromatic carbocycles. The largest absolute Gasteiger partial charge is 0.493 e. The topological polar surface area (TPSA) is 49.9 Å². The second-order valence-corrected chi connectivity index (χ2v) is 8.46. The molecule has 2 heterocycles. The third kappa shape index (κ3) is 4.84. The zero-order chi connectivity index (χ0) is 20.9. The smallest absolute Gasteiger partial charge is 0.253 e. The Hall–Kier alpha value is -2.82. The zero-order valence-corrected chi connectivity index (χ0v) is 17.7. The molecule has 0 radical (unpaired) electrons. The quantitative estimate of drug-likeness (QED) is 0.749. The van der Waals surface area contributed by atoms with Crippen LogP contribution in [0.1, 0.15) is 52.0 Å². The summed E-state index contributed by atoms with van der Waals surface area (Å²) in [5.41, 5.74) is 2.59. The van der Waals surface area contributed by atoms with Crippen LogP contribution < -0.4 is 4.74 Å². The number of likely N-dealkylation sites (tertiary alicyclic amines) is 2. The Balaban J connectivity index is 1.33. The molecule has 0 bridgehead atoms. The Morgan fingerprint density at radius 1 is 0.900 bits per heavy atom. The van der Waals surface area contributed by atoms with Crippen LogP contribution in [0.2, 0.25) is 0 Å². The first kappa shape index (κ1) is 20.5. The lowest BCUT2D eigenvalue weighted by molar-refractivity contribution is 0.0632. The Bertz CT molecular complexity index is 888. The van der Waals surface area contributed by atoms with Crippen LogP contribution in [0.15, 0.2) is 48.5 Å². The summed E-state index contributed by atoms with van der Waals surface area (Å²) in [6.45, 7) is 5.77. The maximum absolute atomic E-state index is 12.8. The maximum Gasteiger partial charge on any atom is 0.253 e. The van der Waals surface area contributed by atoms with Crippen LogP contribution in [0.25, 0.3) is 0 Å². The van der Waals surface area contributed by atoms with Gasteiger partial charge in [0.25, 0.3) is 11.8 Å². The van der Waals surface area contributed by atoms with Crippen molar-refractivity contribution in [2.24, 2.45) is 5.92 Å². The van der Waals surface area contributed by atoms with Crippen molar-refractivity contribution in [3.8, 4) is 5.75 Å². The van der Waals surface area contributed by atoms with Crippen LogP contribution in [-0.4, -0.2) is 54.4 Å². The number of ether oxygens (including phenoxy) is 1. The molecule has 2 aromatic rings. The van der Waals surface area contributed by atoms with Gasteiger partial charge in [0.2, 0.25) is 0 Å². The van der Waals surface area contributed by atoms with Crippen molar-refractivity contribution < 1.29 is 14.3 Å². The molecule has 0 aromatic heterocycles. The monoisotopic (exact) mass is 406 g/mol. The van der Waals surface area contributed by atoms with E-state index in [2.05, 4.69) is 0 Å². The number of hydrogen-bond donors (Lipinski definition) is 0. The van der Waals surface area contributed by atoms with E-state index in [9.17, 15) is 9.59 Å². The number of benzene rings is 2. The third-order valence-corrected chi connectivity index (χ3v) is 6.06. The minimum atomic E-state index is 0.0884. The molecule has 0 saturated carbocycles. The molecule has 2 saturated heterocycles. The Morgan fingerprint density at radius 3 is 2.37 bits per heavy atom. The van der Waals surface area contributed by atoms with Gasteiger partial charge in [-0.15, -0.1) is 0 Å². The van der Waals surface area contributed by atoms with Crippen molar-refractivity contribution in [3.63, 3.8) is 0 Å². The first-order valence-electron chi connectivity index (χ1n) is 11.0. The van der Waals surface area contributed by atoms with Gasteiger partial charge >= 0.3 is 0 Å². The van der Waals surface area contributed by atoms with Crippen LogP contribution >= 0.6 is 0 Å². The van der Waals surface area contributed by atoms with E-state index in [4.69, 9.17) is 4.74 Å². The molecule has 0 N–H and O–H groups in total. The van der Waals surface area contributed by atoms with Crippen molar-refractivity contribution in [1.29, 1.82) is 0 Å². The van der Waals surface area contributed by atoms with Gasteiger partial charge in [-0.1, -0.05) is 23.8 Å². The second kappa shape index (κ2) is 9.33. The van der Waals surface area contributed by atoms with E-state index in [0.29, 0.717) is 24.6 Å².